The Morgan fingerprint density at radius 3 is 2.42 bits per heavy atom. The molecule has 0 fully saturated rings. The third-order valence-electron chi connectivity index (χ3n) is 4.23. The fraction of sp³-hybridized carbons (Fsp3) is 0.263. The summed E-state index contributed by atoms with van der Waals surface area (Å²) in [6, 6.07) is 10.7. The van der Waals surface area contributed by atoms with Crippen molar-refractivity contribution in [1.29, 1.82) is 0 Å². The first kappa shape index (κ1) is 16.1. The maximum atomic E-state index is 12.8. The van der Waals surface area contributed by atoms with Crippen molar-refractivity contribution in [3.63, 3.8) is 0 Å². The van der Waals surface area contributed by atoms with Crippen LogP contribution in [-0.4, -0.2) is 31.0 Å². The van der Waals surface area contributed by atoms with E-state index in [0.717, 1.165) is 5.39 Å². The summed E-state index contributed by atoms with van der Waals surface area (Å²) < 4.78 is 10.8. The Hall–Kier alpha value is -2.82. The molecule has 5 nitrogen and oxygen atoms in total. The third kappa shape index (κ3) is 2.42. The number of amides is 1. The molecule has 0 unspecified atom stereocenters. The van der Waals surface area contributed by atoms with E-state index in [1.165, 1.54) is 7.11 Å². The van der Waals surface area contributed by atoms with Gasteiger partial charge in [-0.05, 0) is 26.0 Å². The molecular weight excluding hydrogens is 306 g/mol. The number of methoxy groups -OCH3 is 1. The predicted molar refractivity (Wildman–Crippen MR) is 93.8 cm³/mol. The van der Waals surface area contributed by atoms with Gasteiger partial charge in [0.2, 0.25) is 0 Å². The number of ether oxygens (including phenoxy) is 1. The monoisotopic (exact) mass is 325 g/mol. The molecule has 3 rings (SSSR count). The Labute approximate surface area is 139 Å². The molecule has 0 saturated heterocycles. The summed E-state index contributed by atoms with van der Waals surface area (Å²) in [5.74, 6) is 0.326. The number of hydrogen-bond donors (Lipinski definition) is 0. The van der Waals surface area contributed by atoms with Crippen LogP contribution in [0, 0.1) is 0 Å². The van der Waals surface area contributed by atoms with Crippen LogP contribution in [0.15, 0.2) is 45.6 Å². The highest BCUT2D eigenvalue weighted by atomic mass is 16.5. The first-order valence-electron chi connectivity index (χ1n) is 7.94. The highest BCUT2D eigenvalue weighted by Gasteiger charge is 2.20. The van der Waals surface area contributed by atoms with Gasteiger partial charge in [0, 0.05) is 23.9 Å². The molecule has 0 aliphatic rings. The summed E-state index contributed by atoms with van der Waals surface area (Å²) in [4.78, 5) is 27.0. The van der Waals surface area contributed by atoms with Crippen molar-refractivity contribution in [3.8, 4) is 5.75 Å². The third-order valence-corrected chi connectivity index (χ3v) is 4.23. The van der Waals surface area contributed by atoms with E-state index in [-0.39, 0.29) is 5.91 Å². The molecule has 0 spiro atoms. The van der Waals surface area contributed by atoms with Crippen LogP contribution in [0.25, 0.3) is 21.7 Å². The minimum atomic E-state index is -0.530. The zero-order valence-corrected chi connectivity index (χ0v) is 14.0. The Balaban J connectivity index is 2.38. The predicted octanol–water partition coefficient (Wildman–Crippen LogP) is 3.44. The van der Waals surface area contributed by atoms with Gasteiger partial charge in [0.05, 0.1) is 18.1 Å². The van der Waals surface area contributed by atoms with E-state index in [0.29, 0.717) is 40.8 Å². The molecule has 0 radical (unpaired) electrons. The van der Waals surface area contributed by atoms with Crippen LogP contribution in [0.4, 0.5) is 0 Å². The van der Waals surface area contributed by atoms with E-state index in [1.54, 1.807) is 23.1 Å². The molecule has 1 heterocycles. The fourth-order valence-electron chi connectivity index (χ4n) is 2.99. The molecule has 1 aromatic heterocycles. The van der Waals surface area contributed by atoms with Gasteiger partial charge in [0.25, 0.3) is 5.91 Å². The van der Waals surface area contributed by atoms with E-state index >= 15 is 0 Å². The van der Waals surface area contributed by atoms with Crippen LogP contribution in [0.2, 0.25) is 0 Å². The molecule has 2 aromatic carbocycles. The van der Waals surface area contributed by atoms with E-state index in [4.69, 9.17) is 9.15 Å². The van der Waals surface area contributed by atoms with Gasteiger partial charge in [-0.15, -0.1) is 0 Å². The zero-order valence-electron chi connectivity index (χ0n) is 14.0. The molecular formula is C19H19NO4. The molecule has 0 bridgehead atoms. The molecule has 0 saturated carbocycles. The molecule has 5 heteroatoms. The Kier molecular flexibility index (Phi) is 4.25. The van der Waals surface area contributed by atoms with Gasteiger partial charge in [-0.1, -0.05) is 24.3 Å². The molecule has 24 heavy (non-hydrogen) atoms. The topological polar surface area (TPSA) is 59.8 Å². The van der Waals surface area contributed by atoms with Crippen molar-refractivity contribution in [2.75, 3.05) is 20.2 Å². The lowest BCUT2D eigenvalue weighted by Gasteiger charge is -2.19. The Morgan fingerprint density at radius 2 is 1.75 bits per heavy atom. The average Bonchev–Trinajstić information content (AvgIpc) is 2.61. The van der Waals surface area contributed by atoms with Crippen LogP contribution in [0.5, 0.6) is 5.75 Å². The second kappa shape index (κ2) is 6.35. The zero-order chi connectivity index (χ0) is 17.3. The van der Waals surface area contributed by atoms with Gasteiger partial charge < -0.3 is 14.1 Å². The summed E-state index contributed by atoms with van der Waals surface area (Å²) in [5, 5.41) is 1.76. The van der Waals surface area contributed by atoms with Crippen molar-refractivity contribution in [2.24, 2.45) is 0 Å². The van der Waals surface area contributed by atoms with Crippen LogP contribution in [-0.2, 0) is 0 Å². The fourth-order valence-corrected chi connectivity index (χ4v) is 2.99. The number of para-hydroxylation sites is 1. The molecule has 0 N–H and O–H groups in total. The number of hydrogen-bond acceptors (Lipinski definition) is 4. The van der Waals surface area contributed by atoms with E-state index < -0.39 is 5.63 Å². The minimum Gasteiger partial charge on any atom is -0.493 e. The highest BCUT2D eigenvalue weighted by Crippen LogP contribution is 2.31. The van der Waals surface area contributed by atoms with Crippen molar-refractivity contribution in [2.45, 2.75) is 13.8 Å². The second-order valence-electron chi connectivity index (χ2n) is 5.43. The number of carbonyl (C=O) groups excluding carboxylic acids is 1. The smallest absolute Gasteiger partial charge is 0.345 e. The lowest BCUT2D eigenvalue weighted by molar-refractivity contribution is 0.0774. The van der Waals surface area contributed by atoms with Crippen molar-refractivity contribution in [3.05, 3.63) is 52.4 Å². The van der Waals surface area contributed by atoms with Crippen LogP contribution in [0.1, 0.15) is 24.2 Å². The molecule has 124 valence electrons. The molecule has 0 atom stereocenters. The summed E-state index contributed by atoms with van der Waals surface area (Å²) in [6.07, 6.45) is 0. The second-order valence-corrected chi connectivity index (χ2v) is 5.43. The van der Waals surface area contributed by atoms with Gasteiger partial charge in [-0.25, -0.2) is 4.79 Å². The first-order chi connectivity index (χ1) is 11.6. The summed E-state index contributed by atoms with van der Waals surface area (Å²) in [6.45, 7) is 4.99. The van der Waals surface area contributed by atoms with E-state index in [2.05, 4.69) is 0 Å². The molecule has 0 aliphatic heterocycles. The summed E-state index contributed by atoms with van der Waals surface area (Å²) in [5.41, 5.74) is 0.234. The largest absolute Gasteiger partial charge is 0.493 e. The van der Waals surface area contributed by atoms with Crippen LogP contribution < -0.4 is 10.4 Å². The Morgan fingerprint density at radius 1 is 1.08 bits per heavy atom. The number of carbonyl (C=O) groups is 1. The van der Waals surface area contributed by atoms with Gasteiger partial charge in [-0.2, -0.15) is 0 Å². The van der Waals surface area contributed by atoms with Crippen molar-refractivity contribution >= 4 is 27.6 Å². The Bertz CT molecular complexity index is 970. The lowest BCUT2D eigenvalue weighted by atomic mass is 10.0. The standard InChI is InChI=1S/C19H19NO4/c1-4-20(5-2)18(21)14-10-6-8-12-13-9-7-11-15(23-3)17(13)24-19(22)16(12)14/h6-11H,4-5H2,1-3H3. The number of fused-ring (bicyclic) bond motifs is 3. The normalized spacial score (nSPS) is 11.0. The molecule has 3 aromatic rings. The van der Waals surface area contributed by atoms with Gasteiger partial charge in [0.1, 0.15) is 0 Å². The van der Waals surface area contributed by atoms with Crippen LogP contribution in [0.3, 0.4) is 0 Å². The minimum absolute atomic E-state index is 0.167. The quantitative estimate of drug-likeness (QED) is 0.544. The number of benzene rings is 2. The maximum Gasteiger partial charge on any atom is 0.345 e. The van der Waals surface area contributed by atoms with Crippen LogP contribution >= 0.6 is 0 Å². The number of nitrogens with zero attached hydrogens (tertiary/aromatic N) is 1. The van der Waals surface area contributed by atoms with Crippen molar-refractivity contribution in [1.82, 2.24) is 4.90 Å². The van der Waals surface area contributed by atoms with Crippen molar-refractivity contribution < 1.29 is 13.9 Å². The number of rotatable bonds is 4. The van der Waals surface area contributed by atoms with Gasteiger partial charge in [0.15, 0.2) is 11.3 Å². The average molecular weight is 325 g/mol. The maximum absolute atomic E-state index is 12.8. The van der Waals surface area contributed by atoms with Gasteiger partial charge >= 0.3 is 5.63 Å². The first-order valence-corrected chi connectivity index (χ1v) is 7.94. The highest BCUT2D eigenvalue weighted by molar-refractivity contribution is 6.14. The summed E-state index contributed by atoms with van der Waals surface area (Å²) >= 11 is 0. The SMILES string of the molecule is CCN(CC)C(=O)c1cccc2c1c(=O)oc1c(OC)cccc12. The van der Waals surface area contributed by atoms with E-state index in [1.807, 2.05) is 32.0 Å². The van der Waals surface area contributed by atoms with Gasteiger partial charge in [-0.3, -0.25) is 4.79 Å². The summed E-state index contributed by atoms with van der Waals surface area (Å²) in [7, 11) is 1.53. The molecule has 0 aliphatic carbocycles. The molecule has 1 amide bonds. The lowest BCUT2D eigenvalue weighted by Crippen LogP contribution is -2.31. The van der Waals surface area contributed by atoms with E-state index in [9.17, 15) is 9.59 Å².